The van der Waals surface area contributed by atoms with Crippen molar-refractivity contribution in [1.82, 2.24) is 0 Å². The highest BCUT2D eigenvalue weighted by molar-refractivity contribution is 7.45. The second-order valence-corrected chi connectivity index (χ2v) is 6.70. The van der Waals surface area contributed by atoms with E-state index in [0.29, 0.717) is 0 Å². The standard InChI is InChI=1S/C6H8O7.C5H9NO4.C2H4O2.CH2O3.H3O4P/c7-3(8)1-6(13,5(11)12)2-4(9)10;6-3(5(9)10)1-2-4(7)8;1-2(3)4;2-1(3)4;1-5(2,3)4/h13H,1-2H2,(H,7,8)(H,9,10)(H,11,12);3H,1-2,6H2,(H,7,8)(H,9,10);1H3,(H,3,4);(H2,2,3,4);(H3,1,2,3,4)/t;3-;;;/m.0.../s1. The first-order chi connectivity index (χ1) is 15.8. The maximum atomic E-state index is 10.3. The van der Waals surface area contributed by atoms with Gasteiger partial charge in [0.15, 0.2) is 5.60 Å². The van der Waals surface area contributed by atoms with Crippen LogP contribution in [0.2, 0.25) is 0 Å². The molecule has 0 aliphatic rings. The number of carboxylic acids is 6. The molecule has 22 heteroatoms. The molecule has 0 radical (unpaired) electrons. The fourth-order valence-electron chi connectivity index (χ4n) is 1.12. The number of aliphatic carboxylic acids is 6. The number of hydrogen-bond donors (Lipinski definition) is 13. The van der Waals surface area contributed by atoms with Crippen molar-refractivity contribution in [2.24, 2.45) is 5.73 Å². The SMILES string of the molecule is CC(=O)O.N[C@@H](CCC(=O)O)C(=O)O.O=C(O)CC(O)(CC(=O)O)C(=O)O.O=C(O)O.O=P(O)(O)O. The largest absolute Gasteiger partial charge is 0.503 e. The smallest absolute Gasteiger partial charge is 0.481 e. The van der Waals surface area contributed by atoms with Gasteiger partial charge in [0.2, 0.25) is 0 Å². The van der Waals surface area contributed by atoms with Gasteiger partial charge in [-0.3, -0.25) is 24.0 Å². The van der Waals surface area contributed by atoms with Crippen LogP contribution in [0.4, 0.5) is 4.79 Å². The molecule has 21 nitrogen and oxygen atoms in total. The Labute approximate surface area is 199 Å². The molecule has 0 spiro atoms. The lowest BCUT2D eigenvalue weighted by molar-refractivity contribution is -0.170. The van der Waals surface area contributed by atoms with Crippen molar-refractivity contribution >= 4 is 49.8 Å². The molecule has 0 bridgehead atoms. The zero-order valence-corrected chi connectivity index (χ0v) is 19.0. The lowest BCUT2D eigenvalue weighted by Crippen LogP contribution is -2.42. The molecule has 0 saturated carbocycles. The van der Waals surface area contributed by atoms with E-state index in [-0.39, 0.29) is 12.8 Å². The van der Waals surface area contributed by atoms with Crippen LogP contribution in [-0.4, -0.2) is 114 Å². The molecule has 0 rings (SSSR count). The first-order valence-electron chi connectivity index (χ1n) is 8.27. The summed E-state index contributed by atoms with van der Waals surface area (Å²) in [6.07, 6.45) is -4.35. The fourth-order valence-corrected chi connectivity index (χ4v) is 1.12. The molecule has 0 aliphatic carbocycles. The minimum atomic E-state index is -4.64. The third-order valence-corrected chi connectivity index (χ3v) is 2.27. The third-order valence-electron chi connectivity index (χ3n) is 2.27. The maximum Gasteiger partial charge on any atom is 0.503 e. The molecule has 0 heterocycles. The summed E-state index contributed by atoms with van der Waals surface area (Å²) >= 11 is 0. The topological polar surface area (TPSA) is 405 Å². The first-order valence-corrected chi connectivity index (χ1v) is 9.84. The zero-order chi connectivity index (χ0) is 30.4. The van der Waals surface area contributed by atoms with Gasteiger partial charge in [0.25, 0.3) is 5.97 Å². The number of hydrogen-bond acceptors (Lipinski definition) is 10. The van der Waals surface area contributed by atoms with Crippen LogP contribution in [0.15, 0.2) is 0 Å². The van der Waals surface area contributed by atoms with Crippen LogP contribution in [0.5, 0.6) is 0 Å². The van der Waals surface area contributed by atoms with Crippen LogP contribution in [0, 0.1) is 0 Å². The molecule has 0 aromatic carbocycles. The van der Waals surface area contributed by atoms with E-state index in [1.54, 1.807) is 0 Å². The highest BCUT2D eigenvalue weighted by Gasteiger charge is 2.40. The van der Waals surface area contributed by atoms with Gasteiger partial charge in [0, 0.05) is 13.3 Å². The van der Waals surface area contributed by atoms with Gasteiger partial charge >= 0.3 is 43.8 Å². The summed E-state index contributed by atoms with van der Waals surface area (Å²) in [6, 6.07) is -1.06. The molecule has 0 unspecified atom stereocenters. The molecule has 0 aromatic heterocycles. The molecular weight excluding hydrogens is 533 g/mol. The Balaban J connectivity index is -0.000000122. The van der Waals surface area contributed by atoms with Gasteiger partial charge in [0.1, 0.15) is 6.04 Å². The van der Waals surface area contributed by atoms with Crippen LogP contribution in [0.25, 0.3) is 0 Å². The van der Waals surface area contributed by atoms with Gasteiger partial charge in [-0.15, -0.1) is 0 Å². The van der Waals surface area contributed by atoms with Crippen molar-refractivity contribution in [1.29, 1.82) is 0 Å². The Kier molecular flexibility index (Phi) is 25.4. The molecule has 0 saturated heterocycles. The molecule has 1 atom stereocenters. The van der Waals surface area contributed by atoms with Crippen molar-refractivity contribution in [3.8, 4) is 0 Å². The molecule has 0 aliphatic heterocycles. The van der Waals surface area contributed by atoms with Gasteiger partial charge in [-0.1, -0.05) is 0 Å². The van der Waals surface area contributed by atoms with Gasteiger partial charge in [0.05, 0.1) is 12.8 Å². The average molecular weight is 559 g/mol. The number of carboxylic acid groups (broad SMARTS) is 8. The molecule has 0 fully saturated rings. The maximum absolute atomic E-state index is 10.3. The Morgan fingerprint density at radius 1 is 0.750 bits per heavy atom. The highest BCUT2D eigenvalue weighted by Crippen LogP contribution is 2.25. The van der Waals surface area contributed by atoms with Gasteiger partial charge < -0.3 is 66.4 Å². The normalized spacial score (nSPS) is 10.4. The Bertz CT molecular complexity index is 743. The number of rotatable bonds is 9. The van der Waals surface area contributed by atoms with E-state index >= 15 is 0 Å². The predicted octanol–water partition coefficient (Wildman–Crippen LogP) is -2.60. The fraction of sp³-hybridized carbons (Fsp3) is 0.500. The summed E-state index contributed by atoms with van der Waals surface area (Å²) in [5.41, 5.74) is 2.26. The van der Waals surface area contributed by atoms with Crippen LogP contribution < -0.4 is 5.73 Å². The van der Waals surface area contributed by atoms with Crippen LogP contribution in [0.3, 0.4) is 0 Å². The van der Waals surface area contributed by atoms with Crippen molar-refractivity contribution in [3.63, 3.8) is 0 Å². The number of aliphatic hydroxyl groups is 1. The summed E-state index contributed by atoms with van der Waals surface area (Å²) in [6.45, 7) is 1.08. The summed E-state index contributed by atoms with van der Waals surface area (Å²) in [7, 11) is -4.64. The summed E-state index contributed by atoms with van der Waals surface area (Å²) < 4.78 is 8.88. The second kappa shape index (κ2) is 21.6. The van der Waals surface area contributed by atoms with Crippen LogP contribution in [-0.2, 0) is 33.3 Å². The quantitative estimate of drug-likeness (QED) is 0.129. The lowest BCUT2D eigenvalue weighted by atomic mass is 9.96. The number of nitrogens with two attached hydrogens (primary N) is 1. The van der Waals surface area contributed by atoms with E-state index in [1.165, 1.54) is 0 Å². The summed E-state index contributed by atoms with van der Waals surface area (Å²) in [5, 5.41) is 71.4. The van der Waals surface area contributed by atoms with E-state index in [0.717, 1.165) is 6.92 Å². The molecule has 14 N–H and O–H groups in total. The van der Waals surface area contributed by atoms with Crippen LogP contribution in [0.1, 0.15) is 32.6 Å². The monoisotopic (exact) mass is 559 g/mol. The van der Waals surface area contributed by atoms with Crippen molar-refractivity contribution in [2.45, 2.75) is 44.2 Å². The molecule has 0 aromatic rings. The number of phosphoric acid groups is 1. The Morgan fingerprint density at radius 3 is 1.14 bits per heavy atom. The van der Waals surface area contributed by atoms with E-state index in [4.69, 9.17) is 80.5 Å². The third kappa shape index (κ3) is 57.3. The molecule has 36 heavy (non-hydrogen) atoms. The van der Waals surface area contributed by atoms with E-state index in [9.17, 15) is 24.0 Å². The van der Waals surface area contributed by atoms with E-state index in [2.05, 4.69) is 0 Å². The van der Waals surface area contributed by atoms with Crippen LogP contribution >= 0.6 is 7.82 Å². The minimum absolute atomic E-state index is 0.0231. The average Bonchev–Trinajstić information content (AvgIpc) is 2.55. The number of carbonyl (C=O) groups is 7. The second-order valence-electron chi connectivity index (χ2n) is 5.67. The lowest BCUT2D eigenvalue weighted by Gasteiger charge is -2.18. The zero-order valence-electron chi connectivity index (χ0n) is 18.1. The molecule has 0 amide bonds. The van der Waals surface area contributed by atoms with Crippen molar-refractivity contribution in [3.05, 3.63) is 0 Å². The predicted molar refractivity (Wildman–Crippen MR) is 108 cm³/mol. The first kappa shape index (κ1) is 42.3. The Hall–Kier alpha value is -3.88. The van der Waals surface area contributed by atoms with E-state index in [1.807, 2.05) is 0 Å². The summed E-state index contributed by atoms with van der Waals surface area (Å²) in [4.78, 5) is 89.5. The Morgan fingerprint density at radius 2 is 1.00 bits per heavy atom. The molecule has 212 valence electrons. The van der Waals surface area contributed by atoms with Crippen molar-refractivity contribution in [2.75, 3.05) is 0 Å². The highest BCUT2D eigenvalue weighted by atomic mass is 31.2. The molecular formula is C14H26NO20P. The van der Waals surface area contributed by atoms with Crippen molar-refractivity contribution < 1.29 is 98.8 Å². The van der Waals surface area contributed by atoms with E-state index < -0.39 is 74.3 Å². The summed E-state index contributed by atoms with van der Waals surface area (Å²) in [5.74, 6) is -8.05. The van der Waals surface area contributed by atoms with Gasteiger partial charge in [-0.25, -0.2) is 14.2 Å². The van der Waals surface area contributed by atoms with Gasteiger partial charge in [-0.05, 0) is 6.42 Å². The van der Waals surface area contributed by atoms with Gasteiger partial charge in [-0.2, -0.15) is 0 Å². The minimum Gasteiger partial charge on any atom is -0.481 e.